The van der Waals surface area contributed by atoms with Gasteiger partial charge in [-0.3, -0.25) is 4.79 Å². The van der Waals surface area contributed by atoms with Crippen LogP contribution in [0.3, 0.4) is 0 Å². The van der Waals surface area contributed by atoms with Crippen molar-refractivity contribution < 1.29 is 9.90 Å². The number of aliphatic carboxylic acids is 1. The van der Waals surface area contributed by atoms with E-state index < -0.39 is 11.2 Å². The van der Waals surface area contributed by atoms with E-state index in [1.54, 1.807) is 18.2 Å². The lowest BCUT2D eigenvalue weighted by molar-refractivity contribution is -0.136. The number of carboxylic acids is 1. The average molecular weight is 327 g/mol. The maximum absolute atomic E-state index is 11.4. The Morgan fingerprint density at radius 3 is 2.35 bits per heavy atom. The Morgan fingerprint density at radius 2 is 1.75 bits per heavy atom. The molecule has 0 spiro atoms. The molecule has 1 atom stereocenters. The van der Waals surface area contributed by atoms with Gasteiger partial charge in [0.05, 0.1) is 0 Å². The van der Waals surface area contributed by atoms with E-state index in [1.807, 2.05) is 30.3 Å². The fourth-order valence-corrected chi connectivity index (χ4v) is 3.04. The molecule has 2 rings (SSSR count). The third-order valence-corrected chi connectivity index (χ3v) is 4.55. The van der Waals surface area contributed by atoms with Gasteiger partial charge in [0.2, 0.25) is 0 Å². The molecule has 0 radical (unpaired) electrons. The summed E-state index contributed by atoms with van der Waals surface area (Å²) in [4.78, 5) is 12.3. The highest BCUT2D eigenvalue weighted by Crippen LogP contribution is 2.29. The van der Waals surface area contributed by atoms with Crippen molar-refractivity contribution in [2.75, 3.05) is 0 Å². The first-order valence-electron chi connectivity index (χ1n) is 5.94. The monoisotopic (exact) mass is 326 g/mol. The molecule has 0 amide bonds. The highest BCUT2D eigenvalue weighted by Gasteiger charge is 2.20. The molecule has 2 aromatic carbocycles. The minimum Gasteiger partial charge on any atom is -0.480 e. The van der Waals surface area contributed by atoms with Gasteiger partial charge >= 0.3 is 5.97 Å². The lowest BCUT2D eigenvalue weighted by Crippen LogP contribution is -2.19. The summed E-state index contributed by atoms with van der Waals surface area (Å²) in [6.45, 7) is 0. The van der Waals surface area contributed by atoms with Crippen LogP contribution in [-0.2, 0) is 11.2 Å². The Kier molecular flexibility index (Phi) is 5.35. The number of carboxylic acid groups (broad SMARTS) is 1. The van der Waals surface area contributed by atoms with Crippen molar-refractivity contribution in [3.8, 4) is 0 Å². The average Bonchev–Trinajstić information content (AvgIpc) is 2.42. The molecule has 2 aromatic rings. The molecule has 0 aliphatic heterocycles. The van der Waals surface area contributed by atoms with Gasteiger partial charge in [0.15, 0.2) is 0 Å². The first kappa shape index (κ1) is 15.2. The zero-order valence-electron chi connectivity index (χ0n) is 10.4. The molecule has 5 heteroatoms. The molecule has 0 aliphatic rings. The lowest BCUT2D eigenvalue weighted by Gasteiger charge is -2.13. The zero-order valence-corrected chi connectivity index (χ0v) is 12.8. The largest absolute Gasteiger partial charge is 0.480 e. The van der Waals surface area contributed by atoms with Gasteiger partial charge in [0, 0.05) is 14.9 Å². The highest BCUT2D eigenvalue weighted by atomic mass is 35.5. The van der Waals surface area contributed by atoms with Crippen molar-refractivity contribution >= 4 is 40.9 Å². The van der Waals surface area contributed by atoms with E-state index in [9.17, 15) is 9.90 Å². The summed E-state index contributed by atoms with van der Waals surface area (Å²) >= 11 is 13.2. The van der Waals surface area contributed by atoms with Gasteiger partial charge in [-0.15, -0.1) is 11.8 Å². The number of hydrogen-bond donors (Lipinski definition) is 1. The number of carbonyl (C=O) groups is 1. The van der Waals surface area contributed by atoms with Crippen LogP contribution in [0.15, 0.2) is 53.4 Å². The van der Waals surface area contributed by atoms with Crippen LogP contribution in [0.1, 0.15) is 5.56 Å². The minimum absolute atomic E-state index is 0.377. The van der Waals surface area contributed by atoms with Crippen LogP contribution in [0.25, 0.3) is 0 Å². The van der Waals surface area contributed by atoms with Gasteiger partial charge in [-0.25, -0.2) is 0 Å². The summed E-state index contributed by atoms with van der Waals surface area (Å²) < 4.78 is 0. The third kappa shape index (κ3) is 4.17. The van der Waals surface area contributed by atoms with Crippen LogP contribution in [0.2, 0.25) is 10.0 Å². The number of thioether (sulfide) groups is 1. The Bertz CT molecular complexity index is 599. The molecule has 0 bridgehead atoms. The summed E-state index contributed by atoms with van der Waals surface area (Å²) in [6.07, 6.45) is 0.377. The van der Waals surface area contributed by atoms with Gasteiger partial charge in [-0.2, -0.15) is 0 Å². The Labute approximate surface area is 131 Å². The van der Waals surface area contributed by atoms with E-state index >= 15 is 0 Å². The van der Waals surface area contributed by atoms with Crippen molar-refractivity contribution in [2.24, 2.45) is 0 Å². The molecule has 2 nitrogen and oxygen atoms in total. The zero-order chi connectivity index (χ0) is 14.5. The maximum Gasteiger partial charge on any atom is 0.317 e. The van der Waals surface area contributed by atoms with Gasteiger partial charge in [-0.1, -0.05) is 41.4 Å². The summed E-state index contributed by atoms with van der Waals surface area (Å²) in [5.41, 5.74) is 0.836. The predicted octanol–water partition coefficient (Wildman–Crippen LogP) is 4.78. The van der Waals surface area contributed by atoms with Gasteiger partial charge in [0.1, 0.15) is 5.25 Å². The fourth-order valence-electron chi connectivity index (χ4n) is 1.72. The molecule has 0 aliphatic carbocycles. The molecular formula is C15H12Cl2O2S. The SMILES string of the molecule is O=C(O)C(Cc1ccccc1Cl)Sc1ccc(Cl)cc1. The quantitative estimate of drug-likeness (QED) is 0.803. The fraction of sp³-hybridized carbons (Fsp3) is 0.133. The molecule has 20 heavy (non-hydrogen) atoms. The molecular weight excluding hydrogens is 315 g/mol. The predicted molar refractivity (Wildman–Crippen MR) is 83.9 cm³/mol. The second-order valence-corrected chi connectivity index (χ2v) is 6.31. The molecule has 1 unspecified atom stereocenters. The van der Waals surface area contributed by atoms with Crippen LogP contribution in [0.4, 0.5) is 0 Å². The van der Waals surface area contributed by atoms with E-state index in [-0.39, 0.29) is 0 Å². The van der Waals surface area contributed by atoms with Crippen LogP contribution < -0.4 is 0 Å². The second kappa shape index (κ2) is 7.02. The van der Waals surface area contributed by atoms with Crippen molar-refractivity contribution in [3.05, 3.63) is 64.1 Å². The first-order valence-corrected chi connectivity index (χ1v) is 7.58. The lowest BCUT2D eigenvalue weighted by atomic mass is 10.1. The summed E-state index contributed by atoms with van der Waals surface area (Å²) in [5.74, 6) is -0.857. The van der Waals surface area contributed by atoms with Crippen LogP contribution in [0.5, 0.6) is 0 Å². The minimum atomic E-state index is -0.857. The number of rotatable bonds is 5. The standard InChI is InChI=1S/C15H12Cl2O2S/c16-11-5-7-12(8-6-11)20-14(15(18)19)9-10-3-1-2-4-13(10)17/h1-8,14H,9H2,(H,18,19). The number of benzene rings is 2. The maximum atomic E-state index is 11.4. The highest BCUT2D eigenvalue weighted by molar-refractivity contribution is 8.00. The molecule has 1 N–H and O–H groups in total. The smallest absolute Gasteiger partial charge is 0.317 e. The number of halogens is 2. The molecule has 104 valence electrons. The van der Waals surface area contributed by atoms with E-state index in [4.69, 9.17) is 23.2 Å². The molecule has 0 saturated heterocycles. The molecule has 0 heterocycles. The topological polar surface area (TPSA) is 37.3 Å². The van der Waals surface area contributed by atoms with Crippen molar-refractivity contribution in [3.63, 3.8) is 0 Å². The summed E-state index contributed by atoms with van der Waals surface area (Å²) in [5, 5.41) is 9.99. The van der Waals surface area contributed by atoms with Crippen LogP contribution in [0, 0.1) is 0 Å². The van der Waals surface area contributed by atoms with Crippen LogP contribution >= 0.6 is 35.0 Å². The van der Waals surface area contributed by atoms with Crippen molar-refractivity contribution in [1.82, 2.24) is 0 Å². The van der Waals surface area contributed by atoms with Gasteiger partial charge in [0.25, 0.3) is 0 Å². The van der Waals surface area contributed by atoms with E-state index in [0.29, 0.717) is 16.5 Å². The van der Waals surface area contributed by atoms with E-state index in [1.165, 1.54) is 11.8 Å². The van der Waals surface area contributed by atoms with Gasteiger partial charge < -0.3 is 5.11 Å². The normalized spacial score (nSPS) is 12.1. The Hall–Kier alpha value is -1.16. The van der Waals surface area contributed by atoms with E-state index in [2.05, 4.69) is 0 Å². The third-order valence-electron chi connectivity index (χ3n) is 2.73. The molecule has 0 fully saturated rings. The molecule has 0 aromatic heterocycles. The Morgan fingerprint density at radius 1 is 1.10 bits per heavy atom. The summed E-state index contributed by atoms with van der Waals surface area (Å²) in [7, 11) is 0. The second-order valence-electron chi connectivity index (χ2n) is 4.19. The van der Waals surface area contributed by atoms with Crippen molar-refractivity contribution in [1.29, 1.82) is 0 Å². The van der Waals surface area contributed by atoms with Crippen molar-refractivity contribution in [2.45, 2.75) is 16.6 Å². The molecule has 0 saturated carbocycles. The van der Waals surface area contributed by atoms with E-state index in [0.717, 1.165) is 10.5 Å². The summed E-state index contributed by atoms with van der Waals surface area (Å²) in [6, 6.07) is 14.4. The van der Waals surface area contributed by atoms with Gasteiger partial charge in [-0.05, 0) is 42.3 Å². The van der Waals surface area contributed by atoms with Crippen LogP contribution in [-0.4, -0.2) is 16.3 Å². The Balaban J connectivity index is 2.14. The first-order chi connectivity index (χ1) is 9.56. The number of hydrogen-bond acceptors (Lipinski definition) is 2.